The molecule has 0 amide bonds. The minimum atomic E-state index is -0.783. The average molecular weight is 588 g/mol. The SMILES string of the molecule is Cc1c(C)c2c(c(C)c1O)C(Cl)=C(Cl)[C@@](C)(CN1CCN(c3cc(N4CCCC4)nc(N4CCCC4)n3)CC1)O2. The third-order valence-electron chi connectivity index (χ3n) is 9.15. The van der Waals surface area contributed by atoms with Gasteiger partial charge in [0, 0.05) is 76.1 Å². The van der Waals surface area contributed by atoms with Gasteiger partial charge in [0.15, 0.2) is 5.60 Å². The summed E-state index contributed by atoms with van der Waals surface area (Å²) < 4.78 is 6.64. The van der Waals surface area contributed by atoms with Gasteiger partial charge in [-0.3, -0.25) is 4.90 Å². The van der Waals surface area contributed by atoms with E-state index in [0.717, 1.165) is 81.1 Å². The van der Waals surface area contributed by atoms with Crippen molar-refractivity contribution in [2.45, 2.75) is 59.0 Å². The average Bonchev–Trinajstić information content (AvgIpc) is 3.69. The summed E-state index contributed by atoms with van der Waals surface area (Å²) in [7, 11) is 0. The number of halogens is 2. The van der Waals surface area contributed by atoms with Crippen LogP contribution in [0.3, 0.4) is 0 Å². The van der Waals surface area contributed by atoms with Crippen molar-refractivity contribution in [2.24, 2.45) is 0 Å². The van der Waals surface area contributed by atoms with E-state index in [2.05, 4.69) is 25.7 Å². The van der Waals surface area contributed by atoms with Gasteiger partial charge in [0.25, 0.3) is 0 Å². The maximum absolute atomic E-state index is 10.6. The number of rotatable bonds is 5. The number of phenols is 1. The minimum Gasteiger partial charge on any atom is -0.507 e. The van der Waals surface area contributed by atoms with E-state index in [1.807, 2.05) is 27.7 Å². The zero-order chi connectivity index (χ0) is 28.2. The fraction of sp³-hybridized carbons (Fsp3) is 0.600. The van der Waals surface area contributed by atoms with Gasteiger partial charge in [0.1, 0.15) is 23.1 Å². The second-order valence-corrected chi connectivity index (χ2v) is 12.7. The van der Waals surface area contributed by atoms with Gasteiger partial charge in [-0.1, -0.05) is 23.2 Å². The Labute approximate surface area is 247 Å². The molecule has 8 nitrogen and oxygen atoms in total. The molecule has 10 heteroatoms. The highest BCUT2D eigenvalue weighted by atomic mass is 35.5. The number of hydrogen-bond donors (Lipinski definition) is 1. The van der Waals surface area contributed by atoms with E-state index in [1.54, 1.807) is 0 Å². The van der Waals surface area contributed by atoms with E-state index >= 15 is 0 Å². The summed E-state index contributed by atoms with van der Waals surface area (Å²) in [5.74, 6) is 3.92. The molecule has 0 bridgehead atoms. The maximum Gasteiger partial charge on any atom is 0.229 e. The van der Waals surface area contributed by atoms with Crippen LogP contribution in [0.2, 0.25) is 0 Å². The van der Waals surface area contributed by atoms with Gasteiger partial charge >= 0.3 is 0 Å². The fourth-order valence-corrected chi connectivity index (χ4v) is 7.13. The molecule has 4 aliphatic heterocycles. The summed E-state index contributed by atoms with van der Waals surface area (Å²) in [6, 6.07) is 2.19. The molecule has 0 saturated carbocycles. The predicted molar refractivity (Wildman–Crippen MR) is 164 cm³/mol. The largest absolute Gasteiger partial charge is 0.507 e. The zero-order valence-electron chi connectivity index (χ0n) is 24.1. The summed E-state index contributed by atoms with van der Waals surface area (Å²) in [5, 5.41) is 11.6. The van der Waals surface area contributed by atoms with Crippen LogP contribution in [0.5, 0.6) is 11.5 Å². The number of nitrogens with zero attached hydrogens (tertiary/aromatic N) is 6. The number of phenolic OH excluding ortho intramolecular Hbond substituents is 1. The Balaban J connectivity index is 1.19. The number of benzene rings is 1. The van der Waals surface area contributed by atoms with Crippen molar-refractivity contribution in [3.8, 4) is 11.5 Å². The highest BCUT2D eigenvalue weighted by Gasteiger charge is 2.42. The highest BCUT2D eigenvalue weighted by molar-refractivity contribution is 6.55. The van der Waals surface area contributed by atoms with Crippen LogP contribution >= 0.6 is 23.2 Å². The number of ether oxygens (including phenoxy) is 1. The molecule has 5 heterocycles. The van der Waals surface area contributed by atoms with E-state index in [-0.39, 0.29) is 5.75 Å². The third-order valence-corrected chi connectivity index (χ3v) is 10.2. The fourth-order valence-electron chi connectivity index (χ4n) is 6.51. The van der Waals surface area contributed by atoms with Gasteiger partial charge in [-0.25, -0.2) is 0 Å². The van der Waals surface area contributed by atoms with Gasteiger partial charge in [0.2, 0.25) is 5.95 Å². The van der Waals surface area contributed by atoms with E-state index < -0.39 is 5.60 Å². The molecule has 0 aliphatic carbocycles. The molecule has 0 radical (unpaired) electrons. The van der Waals surface area contributed by atoms with Crippen LogP contribution in [0.1, 0.15) is 54.9 Å². The Morgan fingerprint density at radius 1 is 0.800 bits per heavy atom. The first-order chi connectivity index (χ1) is 19.2. The van der Waals surface area contributed by atoms with Crippen molar-refractivity contribution in [1.29, 1.82) is 0 Å². The lowest BCUT2D eigenvalue weighted by atomic mass is 9.91. The third kappa shape index (κ3) is 4.86. The van der Waals surface area contributed by atoms with E-state index in [9.17, 15) is 5.11 Å². The van der Waals surface area contributed by atoms with Crippen molar-refractivity contribution < 1.29 is 9.84 Å². The van der Waals surface area contributed by atoms with Crippen LogP contribution in [0.15, 0.2) is 11.1 Å². The molecular formula is C30H40Cl2N6O2. The quantitative estimate of drug-likeness (QED) is 0.497. The summed E-state index contributed by atoms with van der Waals surface area (Å²) in [5.41, 5.74) is 2.31. The Morgan fingerprint density at radius 3 is 1.95 bits per heavy atom. The van der Waals surface area contributed by atoms with Crippen LogP contribution in [0.25, 0.3) is 5.03 Å². The van der Waals surface area contributed by atoms with E-state index in [4.69, 9.17) is 37.9 Å². The van der Waals surface area contributed by atoms with Crippen molar-refractivity contribution >= 4 is 45.8 Å². The molecule has 0 spiro atoms. The molecule has 2 aromatic rings. The van der Waals surface area contributed by atoms with Crippen molar-refractivity contribution in [1.82, 2.24) is 14.9 Å². The number of fused-ring (bicyclic) bond motifs is 1. The Bertz CT molecular complexity index is 1300. The topological polar surface area (TPSA) is 68.2 Å². The van der Waals surface area contributed by atoms with E-state index in [0.29, 0.717) is 33.5 Å². The highest BCUT2D eigenvalue weighted by Crippen LogP contribution is 2.50. The van der Waals surface area contributed by atoms with Crippen LogP contribution in [-0.4, -0.2) is 84.5 Å². The lowest BCUT2D eigenvalue weighted by Gasteiger charge is -2.43. The molecular weight excluding hydrogens is 547 g/mol. The van der Waals surface area contributed by atoms with Crippen molar-refractivity contribution in [3.63, 3.8) is 0 Å². The predicted octanol–water partition coefficient (Wildman–Crippen LogP) is 5.43. The zero-order valence-corrected chi connectivity index (χ0v) is 25.6. The Morgan fingerprint density at radius 2 is 1.35 bits per heavy atom. The van der Waals surface area contributed by atoms with Crippen molar-refractivity contribution in [3.05, 3.63) is 33.4 Å². The maximum atomic E-state index is 10.6. The summed E-state index contributed by atoms with van der Waals surface area (Å²) in [4.78, 5) is 19.6. The first-order valence-corrected chi connectivity index (χ1v) is 15.4. The number of anilines is 3. The lowest BCUT2D eigenvalue weighted by Crippen LogP contribution is -2.54. The van der Waals surface area contributed by atoms with Crippen LogP contribution in [-0.2, 0) is 0 Å². The molecule has 1 atom stereocenters. The normalized spacial score (nSPS) is 23.7. The summed E-state index contributed by atoms with van der Waals surface area (Å²) >= 11 is 13.7. The number of piperazine rings is 1. The molecule has 4 aliphatic rings. The molecule has 1 aromatic heterocycles. The second-order valence-electron chi connectivity index (χ2n) is 11.9. The number of hydrogen-bond acceptors (Lipinski definition) is 8. The van der Waals surface area contributed by atoms with Gasteiger partial charge in [0.05, 0.1) is 10.1 Å². The summed E-state index contributed by atoms with van der Waals surface area (Å²) in [6.45, 7) is 16.0. The molecule has 3 saturated heterocycles. The molecule has 6 rings (SSSR count). The lowest BCUT2D eigenvalue weighted by molar-refractivity contribution is 0.0743. The Kier molecular flexibility index (Phi) is 7.47. The van der Waals surface area contributed by atoms with Gasteiger partial charge < -0.3 is 24.5 Å². The smallest absolute Gasteiger partial charge is 0.229 e. The van der Waals surface area contributed by atoms with Crippen LogP contribution in [0, 0.1) is 20.8 Å². The van der Waals surface area contributed by atoms with Gasteiger partial charge in [-0.15, -0.1) is 0 Å². The van der Waals surface area contributed by atoms with Gasteiger partial charge in [-0.05, 0) is 64.5 Å². The molecule has 0 unspecified atom stereocenters. The van der Waals surface area contributed by atoms with E-state index in [1.165, 1.54) is 25.7 Å². The standard InChI is InChI=1S/C30H40Cl2N6O2/c1-19-20(2)27-24(21(3)26(19)39)25(31)28(32)30(4,40-27)18-35-13-15-37(16-14-35)23-17-22(36-9-5-6-10-36)33-29(34-23)38-11-7-8-12-38/h17,39H,5-16,18H2,1-4H3/t30-/m1/s1. The molecule has 1 N–H and O–H groups in total. The Hall–Kier alpha value is -2.42. The summed E-state index contributed by atoms with van der Waals surface area (Å²) in [6.07, 6.45) is 4.86. The number of aromatic hydroxyl groups is 1. The van der Waals surface area contributed by atoms with Crippen molar-refractivity contribution in [2.75, 3.05) is 73.6 Å². The van der Waals surface area contributed by atoms with Crippen LogP contribution in [0.4, 0.5) is 17.6 Å². The molecule has 1 aromatic carbocycles. The van der Waals surface area contributed by atoms with Gasteiger partial charge in [-0.2, -0.15) is 9.97 Å². The molecule has 216 valence electrons. The first-order valence-electron chi connectivity index (χ1n) is 14.6. The number of aromatic nitrogens is 2. The molecule has 40 heavy (non-hydrogen) atoms. The minimum absolute atomic E-state index is 0.243. The molecule has 3 fully saturated rings. The first kappa shape index (κ1) is 27.7. The monoisotopic (exact) mass is 586 g/mol. The van der Waals surface area contributed by atoms with Crippen LogP contribution < -0.4 is 19.4 Å². The second kappa shape index (κ2) is 10.8.